The zero-order valence-corrected chi connectivity index (χ0v) is 22.7. The van der Waals surface area contributed by atoms with E-state index in [-0.39, 0.29) is 5.56 Å². The number of hydrogen-bond donors (Lipinski definition) is 0. The molecule has 0 amide bonds. The highest BCUT2D eigenvalue weighted by atomic mass is 19.4. The van der Waals surface area contributed by atoms with Crippen LogP contribution in [0.5, 0.6) is 0 Å². The molecule has 2 nitrogen and oxygen atoms in total. The van der Waals surface area contributed by atoms with Crippen molar-refractivity contribution >= 4 is 17.6 Å². The Morgan fingerprint density at radius 2 is 1.14 bits per heavy atom. The number of carbonyl (C=O) groups is 1. The molecule has 0 bridgehead atoms. The lowest BCUT2D eigenvalue weighted by Crippen LogP contribution is -2.25. The Kier molecular flexibility index (Phi) is 14.1. The molecular formula is C32H44F3NO. The van der Waals surface area contributed by atoms with Gasteiger partial charge in [-0.3, -0.25) is 4.79 Å². The number of alkyl halides is 3. The van der Waals surface area contributed by atoms with E-state index in [2.05, 4.69) is 24.8 Å². The van der Waals surface area contributed by atoms with Crippen LogP contribution in [0.4, 0.5) is 13.2 Å². The predicted molar refractivity (Wildman–Crippen MR) is 149 cm³/mol. The van der Waals surface area contributed by atoms with E-state index in [0.29, 0.717) is 0 Å². The number of ketones is 1. The minimum absolute atomic E-state index is 0.325. The fourth-order valence-corrected chi connectivity index (χ4v) is 4.54. The van der Waals surface area contributed by atoms with E-state index in [1.165, 1.54) is 76.3 Å². The first kappa shape index (κ1) is 30.7. The van der Waals surface area contributed by atoms with Gasteiger partial charge in [0.05, 0.1) is 0 Å². The van der Waals surface area contributed by atoms with Crippen LogP contribution < -0.4 is 0 Å². The summed E-state index contributed by atoms with van der Waals surface area (Å²) in [6.45, 7) is 6.25. The quantitative estimate of drug-likeness (QED) is 0.112. The van der Waals surface area contributed by atoms with Crippen LogP contribution in [0.1, 0.15) is 112 Å². The first-order valence-corrected chi connectivity index (χ1v) is 14.1. The number of hydrogen-bond acceptors (Lipinski definition) is 2. The van der Waals surface area contributed by atoms with Crippen molar-refractivity contribution in [3.8, 4) is 0 Å². The second-order valence-corrected chi connectivity index (χ2v) is 9.87. The smallest absolute Gasteiger partial charge is 0.371 e. The topological polar surface area (TPSA) is 20.3 Å². The average molecular weight is 516 g/mol. The molecule has 0 heterocycles. The summed E-state index contributed by atoms with van der Waals surface area (Å²) in [7, 11) is 0. The predicted octanol–water partition coefficient (Wildman–Crippen LogP) is 9.95. The molecule has 0 aliphatic heterocycles. The number of carbonyl (C=O) groups excluding carboxylic acids is 1. The molecule has 0 aliphatic rings. The van der Waals surface area contributed by atoms with Gasteiger partial charge in [-0.05, 0) is 30.0 Å². The standard InChI is InChI=1S/C32H44F3NO/c1-3-5-7-9-11-16-24-36(25-17-12-10-8-6-4-2)30(26-27-18-14-13-15-19-27)28-20-22-29(23-21-28)31(37)32(33,34)35/h13-15,18-23,26H,3-12,16-17,24-25H2,1-2H3. The van der Waals surface area contributed by atoms with Crippen molar-refractivity contribution in [1.82, 2.24) is 4.90 Å². The van der Waals surface area contributed by atoms with Gasteiger partial charge in [-0.15, -0.1) is 0 Å². The molecule has 0 atom stereocenters. The van der Waals surface area contributed by atoms with Crippen molar-refractivity contribution in [3.05, 3.63) is 71.3 Å². The van der Waals surface area contributed by atoms with E-state index < -0.39 is 12.0 Å². The van der Waals surface area contributed by atoms with E-state index in [1.54, 1.807) is 12.1 Å². The largest absolute Gasteiger partial charge is 0.454 e. The lowest BCUT2D eigenvalue weighted by atomic mass is 10.0. The molecule has 0 saturated carbocycles. The van der Waals surface area contributed by atoms with Gasteiger partial charge >= 0.3 is 6.18 Å². The van der Waals surface area contributed by atoms with Gasteiger partial charge in [0.1, 0.15) is 0 Å². The summed E-state index contributed by atoms with van der Waals surface area (Å²) < 4.78 is 38.8. The summed E-state index contributed by atoms with van der Waals surface area (Å²) >= 11 is 0. The van der Waals surface area contributed by atoms with Crippen molar-refractivity contribution < 1.29 is 18.0 Å². The maximum absolute atomic E-state index is 12.9. The SMILES string of the molecule is CCCCCCCCN(CCCCCCCC)C(=Cc1ccccc1)c1ccc(C(=O)C(F)(F)F)cc1. The molecule has 0 saturated heterocycles. The summed E-state index contributed by atoms with van der Waals surface area (Å²) in [4.78, 5) is 14.1. The summed E-state index contributed by atoms with van der Waals surface area (Å²) in [5.41, 5.74) is 2.55. The van der Waals surface area contributed by atoms with Gasteiger partial charge < -0.3 is 4.90 Å². The van der Waals surface area contributed by atoms with Crippen LogP contribution in [0, 0.1) is 0 Å². The molecular weight excluding hydrogens is 471 g/mol. The monoisotopic (exact) mass is 515 g/mol. The third-order valence-electron chi connectivity index (χ3n) is 6.71. The Balaban J connectivity index is 2.27. The number of benzene rings is 2. The van der Waals surface area contributed by atoms with Gasteiger partial charge in [-0.1, -0.05) is 133 Å². The highest BCUT2D eigenvalue weighted by molar-refractivity contribution is 6.00. The number of halogens is 3. The van der Waals surface area contributed by atoms with Crippen LogP contribution in [0.15, 0.2) is 54.6 Å². The normalized spacial score (nSPS) is 12.1. The summed E-state index contributed by atoms with van der Waals surface area (Å²) in [6.07, 6.45) is 11.7. The van der Waals surface area contributed by atoms with Crippen molar-refractivity contribution in [2.45, 2.75) is 97.1 Å². The fourth-order valence-electron chi connectivity index (χ4n) is 4.54. The molecule has 0 aliphatic carbocycles. The molecule has 2 aromatic carbocycles. The summed E-state index contributed by atoms with van der Waals surface area (Å²) in [5, 5.41) is 0. The number of rotatable bonds is 18. The summed E-state index contributed by atoms with van der Waals surface area (Å²) in [6, 6.07) is 15.9. The van der Waals surface area contributed by atoms with E-state index >= 15 is 0 Å². The van der Waals surface area contributed by atoms with Gasteiger partial charge in [-0.25, -0.2) is 0 Å². The summed E-state index contributed by atoms with van der Waals surface area (Å²) in [5.74, 6) is -1.80. The first-order chi connectivity index (χ1) is 17.9. The van der Waals surface area contributed by atoms with Crippen LogP contribution >= 0.6 is 0 Å². The molecule has 0 aromatic heterocycles. The van der Waals surface area contributed by atoms with Gasteiger partial charge in [0.15, 0.2) is 0 Å². The second-order valence-electron chi connectivity index (χ2n) is 9.87. The highest BCUT2D eigenvalue weighted by Gasteiger charge is 2.39. The first-order valence-electron chi connectivity index (χ1n) is 14.1. The molecule has 37 heavy (non-hydrogen) atoms. The van der Waals surface area contributed by atoms with E-state index in [1.807, 2.05) is 30.3 Å². The van der Waals surface area contributed by atoms with Crippen LogP contribution in [0.3, 0.4) is 0 Å². The van der Waals surface area contributed by atoms with Gasteiger partial charge in [0.25, 0.3) is 5.78 Å². The number of unbranched alkanes of at least 4 members (excludes halogenated alkanes) is 10. The molecule has 0 spiro atoms. The fraction of sp³-hybridized carbons (Fsp3) is 0.531. The van der Waals surface area contributed by atoms with Crippen molar-refractivity contribution in [1.29, 1.82) is 0 Å². The van der Waals surface area contributed by atoms with Crippen LogP contribution in [0.2, 0.25) is 0 Å². The zero-order valence-electron chi connectivity index (χ0n) is 22.7. The van der Waals surface area contributed by atoms with Crippen LogP contribution in [-0.4, -0.2) is 29.9 Å². The molecule has 204 valence electrons. The molecule has 0 radical (unpaired) electrons. The van der Waals surface area contributed by atoms with Gasteiger partial charge in [0, 0.05) is 24.4 Å². The Morgan fingerprint density at radius 1 is 0.676 bits per heavy atom. The third-order valence-corrected chi connectivity index (χ3v) is 6.71. The number of nitrogens with zero attached hydrogens (tertiary/aromatic N) is 1. The molecule has 2 aromatic rings. The number of Topliss-reactive ketones (excluding diaryl/α,β-unsaturated/α-hetero) is 1. The van der Waals surface area contributed by atoms with Gasteiger partial charge in [-0.2, -0.15) is 13.2 Å². The minimum atomic E-state index is -4.87. The van der Waals surface area contributed by atoms with Crippen LogP contribution in [0.25, 0.3) is 11.8 Å². The third kappa shape index (κ3) is 11.6. The van der Waals surface area contributed by atoms with Crippen molar-refractivity contribution in [2.24, 2.45) is 0 Å². The maximum atomic E-state index is 12.9. The molecule has 0 unspecified atom stereocenters. The Bertz CT molecular complexity index is 903. The Labute approximate surface area is 222 Å². The van der Waals surface area contributed by atoms with E-state index in [9.17, 15) is 18.0 Å². The lowest BCUT2D eigenvalue weighted by molar-refractivity contribution is -0.0885. The molecule has 2 rings (SSSR count). The second kappa shape index (κ2) is 17.0. The van der Waals surface area contributed by atoms with E-state index in [0.717, 1.165) is 42.8 Å². The molecule has 0 N–H and O–H groups in total. The van der Waals surface area contributed by atoms with Crippen molar-refractivity contribution in [2.75, 3.05) is 13.1 Å². The minimum Gasteiger partial charge on any atom is -0.371 e. The van der Waals surface area contributed by atoms with Crippen molar-refractivity contribution in [3.63, 3.8) is 0 Å². The molecule has 5 heteroatoms. The highest BCUT2D eigenvalue weighted by Crippen LogP contribution is 2.27. The van der Waals surface area contributed by atoms with E-state index in [4.69, 9.17) is 0 Å². The maximum Gasteiger partial charge on any atom is 0.454 e. The Hall–Kier alpha value is -2.56. The Morgan fingerprint density at radius 3 is 1.62 bits per heavy atom. The zero-order chi connectivity index (χ0) is 26.9. The van der Waals surface area contributed by atoms with Crippen LogP contribution in [-0.2, 0) is 0 Å². The average Bonchev–Trinajstić information content (AvgIpc) is 2.90. The lowest BCUT2D eigenvalue weighted by Gasteiger charge is -2.28. The van der Waals surface area contributed by atoms with Gasteiger partial charge in [0.2, 0.25) is 0 Å². The molecule has 0 fully saturated rings.